The molecule has 2 aromatic rings. The second kappa shape index (κ2) is 7.67. The van der Waals surface area contributed by atoms with Crippen molar-refractivity contribution in [1.29, 1.82) is 0 Å². The number of hydrogen-bond acceptors (Lipinski definition) is 3. The average molecular weight is 381 g/mol. The molecule has 1 atom stereocenters. The fraction of sp³-hybridized carbons (Fsp3) is 0.458. The van der Waals surface area contributed by atoms with Crippen LogP contribution in [0, 0.1) is 11.7 Å². The van der Waals surface area contributed by atoms with Crippen molar-refractivity contribution in [2.24, 2.45) is 5.92 Å². The van der Waals surface area contributed by atoms with E-state index in [4.69, 9.17) is 4.74 Å². The molecule has 0 aromatic heterocycles. The first-order chi connectivity index (χ1) is 13.4. The number of halogens is 1. The van der Waals surface area contributed by atoms with Gasteiger partial charge in [-0.1, -0.05) is 50.2 Å². The van der Waals surface area contributed by atoms with Gasteiger partial charge in [-0.05, 0) is 60.7 Å². The Morgan fingerprint density at radius 2 is 1.82 bits per heavy atom. The molecule has 0 saturated carbocycles. The van der Waals surface area contributed by atoms with Gasteiger partial charge in [0.05, 0.1) is 6.42 Å². The summed E-state index contributed by atoms with van der Waals surface area (Å²) in [6.07, 6.45) is 2.68. The quantitative estimate of drug-likeness (QED) is 0.697. The first kappa shape index (κ1) is 19.1. The van der Waals surface area contributed by atoms with Gasteiger partial charge in [-0.25, -0.2) is 4.39 Å². The SMILES string of the molecule is CC(C)(CC(=O)OC1CN2CCC1CC2)c1cccc(-c2ccc(F)cc2)c1. The lowest BCUT2D eigenvalue weighted by molar-refractivity contribution is -0.160. The Hall–Kier alpha value is -2.20. The fourth-order valence-corrected chi connectivity index (χ4v) is 4.48. The third-order valence-corrected chi connectivity index (χ3v) is 6.29. The van der Waals surface area contributed by atoms with Crippen LogP contribution >= 0.6 is 0 Å². The first-order valence-electron chi connectivity index (χ1n) is 10.2. The Balaban J connectivity index is 1.45. The van der Waals surface area contributed by atoms with Crippen LogP contribution in [0.3, 0.4) is 0 Å². The van der Waals surface area contributed by atoms with Crippen molar-refractivity contribution in [1.82, 2.24) is 4.90 Å². The zero-order valence-corrected chi connectivity index (χ0v) is 16.7. The van der Waals surface area contributed by atoms with Gasteiger partial charge in [-0.3, -0.25) is 9.69 Å². The lowest BCUT2D eigenvalue weighted by Crippen LogP contribution is -2.52. The maximum Gasteiger partial charge on any atom is 0.306 e. The zero-order valence-electron chi connectivity index (χ0n) is 16.7. The first-order valence-corrected chi connectivity index (χ1v) is 10.2. The highest BCUT2D eigenvalue weighted by Gasteiger charge is 2.37. The van der Waals surface area contributed by atoms with Crippen molar-refractivity contribution < 1.29 is 13.9 Å². The smallest absolute Gasteiger partial charge is 0.306 e. The van der Waals surface area contributed by atoms with E-state index in [1.807, 2.05) is 12.1 Å². The highest BCUT2D eigenvalue weighted by molar-refractivity contribution is 5.72. The molecule has 2 aromatic carbocycles. The van der Waals surface area contributed by atoms with Crippen molar-refractivity contribution >= 4 is 5.97 Å². The molecule has 1 unspecified atom stereocenters. The van der Waals surface area contributed by atoms with Crippen molar-refractivity contribution in [2.45, 2.75) is 44.6 Å². The van der Waals surface area contributed by atoms with Crippen LogP contribution in [-0.4, -0.2) is 36.6 Å². The molecule has 28 heavy (non-hydrogen) atoms. The molecule has 3 saturated heterocycles. The standard InChI is InChI=1S/C24H28FNO2/c1-24(2,15-23(27)28-22-16-26-12-10-18(22)11-13-26)20-5-3-4-19(14-20)17-6-8-21(25)9-7-17/h3-9,14,18,22H,10-13,15-16H2,1-2H3. The Morgan fingerprint density at radius 1 is 1.11 bits per heavy atom. The predicted molar refractivity (Wildman–Crippen MR) is 109 cm³/mol. The molecule has 148 valence electrons. The zero-order chi connectivity index (χ0) is 19.7. The van der Waals surface area contributed by atoms with E-state index in [1.165, 1.54) is 12.1 Å². The van der Waals surface area contributed by atoms with Crippen molar-refractivity contribution in [3.8, 4) is 11.1 Å². The number of nitrogens with zero attached hydrogens (tertiary/aromatic N) is 1. The molecule has 0 spiro atoms. The molecule has 0 N–H and O–H groups in total. The normalized spacial score (nSPS) is 24.2. The summed E-state index contributed by atoms with van der Waals surface area (Å²) in [4.78, 5) is 15.1. The molecule has 3 fully saturated rings. The summed E-state index contributed by atoms with van der Waals surface area (Å²) in [7, 11) is 0. The van der Waals surface area contributed by atoms with Crippen molar-refractivity contribution in [3.05, 3.63) is 59.9 Å². The minimum atomic E-state index is -0.332. The van der Waals surface area contributed by atoms with Crippen LogP contribution < -0.4 is 0 Å². The molecular formula is C24H28FNO2. The number of piperidine rings is 3. The second-order valence-electron chi connectivity index (χ2n) is 8.81. The van der Waals surface area contributed by atoms with Crippen LogP contribution in [0.2, 0.25) is 0 Å². The molecule has 0 amide bonds. The molecular weight excluding hydrogens is 353 g/mol. The molecule has 3 heterocycles. The highest BCUT2D eigenvalue weighted by atomic mass is 19.1. The van der Waals surface area contributed by atoms with E-state index < -0.39 is 0 Å². The molecule has 0 aliphatic carbocycles. The Bertz CT molecular complexity index is 838. The number of rotatable bonds is 5. The van der Waals surface area contributed by atoms with Crippen LogP contribution in [0.15, 0.2) is 48.5 Å². The largest absolute Gasteiger partial charge is 0.461 e. The monoisotopic (exact) mass is 381 g/mol. The maximum absolute atomic E-state index is 13.2. The van der Waals surface area contributed by atoms with Crippen molar-refractivity contribution in [2.75, 3.05) is 19.6 Å². The molecule has 3 aliphatic rings. The summed E-state index contributed by atoms with van der Waals surface area (Å²) in [5.41, 5.74) is 2.74. The van der Waals surface area contributed by atoms with E-state index in [2.05, 4.69) is 30.9 Å². The Kier molecular flexibility index (Phi) is 5.24. The van der Waals surface area contributed by atoms with Crippen LogP contribution in [-0.2, 0) is 14.9 Å². The second-order valence-corrected chi connectivity index (χ2v) is 8.81. The minimum absolute atomic E-state index is 0.0522. The Morgan fingerprint density at radius 3 is 2.46 bits per heavy atom. The van der Waals surface area contributed by atoms with E-state index in [-0.39, 0.29) is 23.3 Å². The van der Waals surface area contributed by atoms with E-state index in [0.29, 0.717) is 12.3 Å². The summed E-state index contributed by atoms with van der Waals surface area (Å²) >= 11 is 0. The Labute approximate surface area is 166 Å². The number of carbonyl (C=O) groups excluding carboxylic acids is 1. The minimum Gasteiger partial charge on any atom is -0.461 e. The van der Waals surface area contributed by atoms with Crippen LogP contribution in [0.1, 0.15) is 38.7 Å². The topological polar surface area (TPSA) is 29.5 Å². The number of hydrogen-bond donors (Lipinski definition) is 0. The van der Waals surface area contributed by atoms with Gasteiger partial charge in [-0.15, -0.1) is 0 Å². The maximum atomic E-state index is 13.2. The van der Waals surface area contributed by atoms with Crippen LogP contribution in [0.25, 0.3) is 11.1 Å². The van der Waals surface area contributed by atoms with E-state index in [0.717, 1.165) is 49.2 Å². The summed E-state index contributed by atoms with van der Waals surface area (Å²) in [5, 5.41) is 0. The summed E-state index contributed by atoms with van der Waals surface area (Å²) < 4.78 is 19.1. The molecule has 3 nitrogen and oxygen atoms in total. The third-order valence-electron chi connectivity index (χ3n) is 6.29. The summed E-state index contributed by atoms with van der Waals surface area (Å²) in [5.74, 6) is 0.172. The van der Waals surface area contributed by atoms with Gasteiger partial charge in [0.15, 0.2) is 0 Å². The van der Waals surface area contributed by atoms with E-state index in [9.17, 15) is 9.18 Å². The number of benzene rings is 2. The van der Waals surface area contributed by atoms with Gasteiger partial charge < -0.3 is 4.74 Å². The van der Waals surface area contributed by atoms with Crippen molar-refractivity contribution in [3.63, 3.8) is 0 Å². The van der Waals surface area contributed by atoms with Crippen LogP contribution in [0.4, 0.5) is 4.39 Å². The lowest BCUT2D eigenvalue weighted by Gasteiger charge is -2.44. The average Bonchev–Trinajstić information content (AvgIpc) is 2.69. The number of ether oxygens (including phenoxy) is 1. The van der Waals surface area contributed by atoms with Gasteiger partial charge in [0.2, 0.25) is 0 Å². The molecule has 5 rings (SSSR count). The summed E-state index contributed by atoms with van der Waals surface area (Å²) in [6.45, 7) is 7.32. The van der Waals surface area contributed by atoms with Gasteiger partial charge >= 0.3 is 5.97 Å². The van der Waals surface area contributed by atoms with Crippen LogP contribution in [0.5, 0.6) is 0 Å². The van der Waals surface area contributed by atoms with Gasteiger partial charge in [0.1, 0.15) is 11.9 Å². The lowest BCUT2D eigenvalue weighted by atomic mass is 9.80. The molecule has 4 heteroatoms. The van der Waals surface area contributed by atoms with E-state index in [1.54, 1.807) is 12.1 Å². The third kappa shape index (κ3) is 4.12. The van der Waals surface area contributed by atoms with Gasteiger partial charge in [0, 0.05) is 12.0 Å². The number of esters is 1. The number of carbonyl (C=O) groups is 1. The summed E-state index contributed by atoms with van der Waals surface area (Å²) in [6, 6.07) is 14.7. The highest BCUT2D eigenvalue weighted by Crippen LogP contribution is 2.33. The fourth-order valence-electron chi connectivity index (χ4n) is 4.48. The predicted octanol–water partition coefficient (Wildman–Crippen LogP) is 4.80. The molecule has 2 bridgehead atoms. The molecule has 0 radical (unpaired) electrons. The van der Waals surface area contributed by atoms with Gasteiger partial charge in [0.25, 0.3) is 0 Å². The molecule has 3 aliphatic heterocycles. The van der Waals surface area contributed by atoms with Gasteiger partial charge in [-0.2, -0.15) is 0 Å². The number of fused-ring (bicyclic) bond motifs is 3. The van der Waals surface area contributed by atoms with E-state index >= 15 is 0 Å².